The van der Waals surface area contributed by atoms with Crippen LogP contribution < -0.4 is 4.74 Å². The van der Waals surface area contributed by atoms with Crippen LogP contribution in [0, 0.1) is 16.0 Å². The second-order valence-corrected chi connectivity index (χ2v) is 5.14. The van der Waals surface area contributed by atoms with E-state index in [1.807, 2.05) is 6.92 Å². The summed E-state index contributed by atoms with van der Waals surface area (Å²) in [5.74, 6) is 0.309. The van der Waals surface area contributed by atoms with Gasteiger partial charge in [-0.1, -0.05) is 6.92 Å². The number of non-ortho nitro benzene ring substituents is 1. The molecule has 0 radical (unpaired) electrons. The summed E-state index contributed by atoms with van der Waals surface area (Å²) in [5, 5.41) is 19.5. The van der Waals surface area contributed by atoms with Crippen LogP contribution in [0.5, 0.6) is 5.75 Å². The van der Waals surface area contributed by atoms with Crippen molar-refractivity contribution in [3.8, 4) is 5.75 Å². The summed E-state index contributed by atoms with van der Waals surface area (Å²) in [6.45, 7) is 2.04. The molecule has 0 aromatic heterocycles. The number of nitrogens with zero attached hydrogens (tertiary/aromatic N) is 1. The quantitative estimate of drug-likeness (QED) is 0.321. The van der Waals surface area contributed by atoms with E-state index in [9.17, 15) is 14.9 Å². The molecule has 128 valence electrons. The van der Waals surface area contributed by atoms with Gasteiger partial charge in [-0.2, -0.15) is 0 Å². The molecule has 1 aromatic carbocycles. The number of carbonyl (C=O) groups is 1. The van der Waals surface area contributed by atoms with Gasteiger partial charge >= 0.3 is 6.16 Å². The highest BCUT2D eigenvalue weighted by atomic mass is 16.7. The molecular formula is C15H21NO7. The molecule has 8 heteroatoms. The summed E-state index contributed by atoms with van der Waals surface area (Å²) in [5.41, 5.74) is -0.0943. The van der Waals surface area contributed by atoms with Crippen molar-refractivity contribution < 1.29 is 29.0 Å². The monoisotopic (exact) mass is 327 g/mol. The predicted octanol–water partition coefficient (Wildman–Crippen LogP) is 2.53. The van der Waals surface area contributed by atoms with Gasteiger partial charge < -0.3 is 19.3 Å². The number of hydrogen-bond acceptors (Lipinski definition) is 7. The lowest BCUT2D eigenvalue weighted by Gasteiger charge is -2.16. The molecule has 0 saturated heterocycles. The molecular weight excluding hydrogens is 306 g/mol. The zero-order valence-corrected chi connectivity index (χ0v) is 13.1. The lowest BCUT2D eigenvalue weighted by molar-refractivity contribution is -0.384. The molecule has 2 unspecified atom stereocenters. The number of hydrogen-bond donors (Lipinski definition) is 1. The van der Waals surface area contributed by atoms with Gasteiger partial charge in [-0.25, -0.2) is 4.79 Å². The summed E-state index contributed by atoms with van der Waals surface area (Å²) in [6, 6.07) is 5.10. The Balaban J connectivity index is 2.38. The summed E-state index contributed by atoms with van der Waals surface area (Å²) >= 11 is 0. The molecule has 0 amide bonds. The van der Waals surface area contributed by atoms with Crippen LogP contribution in [0.25, 0.3) is 0 Å². The molecule has 8 nitrogen and oxygen atoms in total. The van der Waals surface area contributed by atoms with Gasteiger partial charge in [0, 0.05) is 25.8 Å². The van der Waals surface area contributed by atoms with Gasteiger partial charge in [-0.3, -0.25) is 10.1 Å². The number of nitro groups is 1. The van der Waals surface area contributed by atoms with Gasteiger partial charge in [0.05, 0.1) is 11.0 Å². The van der Waals surface area contributed by atoms with E-state index in [0.29, 0.717) is 6.42 Å². The van der Waals surface area contributed by atoms with Gasteiger partial charge in [0.15, 0.2) is 0 Å². The molecule has 2 atom stereocenters. The van der Waals surface area contributed by atoms with Crippen molar-refractivity contribution in [1.82, 2.24) is 0 Å². The van der Waals surface area contributed by atoms with Crippen molar-refractivity contribution in [2.45, 2.75) is 25.9 Å². The molecule has 0 heterocycles. The zero-order chi connectivity index (χ0) is 17.2. The lowest BCUT2D eigenvalue weighted by Crippen LogP contribution is -2.23. The average Bonchev–Trinajstić information content (AvgIpc) is 2.55. The van der Waals surface area contributed by atoms with Crippen LogP contribution in [0.2, 0.25) is 0 Å². The fourth-order valence-corrected chi connectivity index (χ4v) is 1.75. The van der Waals surface area contributed by atoms with E-state index in [2.05, 4.69) is 0 Å². The van der Waals surface area contributed by atoms with E-state index in [1.165, 1.54) is 31.4 Å². The Hall–Kier alpha value is -2.19. The van der Waals surface area contributed by atoms with E-state index < -0.39 is 11.1 Å². The smallest absolute Gasteiger partial charge is 0.431 e. The molecule has 0 aliphatic carbocycles. The van der Waals surface area contributed by atoms with Gasteiger partial charge in [0.25, 0.3) is 5.69 Å². The van der Waals surface area contributed by atoms with Crippen LogP contribution in [0.3, 0.4) is 0 Å². The summed E-state index contributed by atoms with van der Waals surface area (Å²) in [6.07, 6.45) is 0.197. The Morgan fingerprint density at radius 2 is 1.96 bits per heavy atom. The van der Waals surface area contributed by atoms with Crippen molar-refractivity contribution in [3.63, 3.8) is 0 Å². The van der Waals surface area contributed by atoms with E-state index in [0.717, 1.165) is 6.42 Å². The van der Waals surface area contributed by atoms with E-state index >= 15 is 0 Å². The minimum Gasteiger partial charge on any atom is -0.431 e. The van der Waals surface area contributed by atoms with Crippen molar-refractivity contribution in [3.05, 3.63) is 34.4 Å². The fourth-order valence-electron chi connectivity index (χ4n) is 1.75. The highest BCUT2D eigenvalue weighted by Crippen LogP contribution is 2.18. The van der Waals surface area contributed by atoms with E-state index in [4.69, 9.17) is 19.3 Å². The van der Waals surface area contributed by atoms with Crippen molar-refractivity contribution in [1.29, 1.82) is 0 Å². The SMILES string of the molecule is COC(CCC(C)CO)COC(=O)Oc1ccc([N+](=O)[O-])cc1. The Morgan fingerprint density at radius 1 is 1.30 bits per heavy atom. The van der Waals surface area contributed by atoms with Crippen LogP contribution in [0.1, 0.15) is 19.8 Å². The first-order valence-electron chi connectivity index (χ1n) is 7.19. The van der Waals surface area contributed by atoms with Crippen molar-refractivity contribution >= 4 is 11.8 Å². The van der Waals surface area contributed by atoms with Crippen molar-refractivity contribution in [2.75, 3.05) is 20.3 Å². The molecule has 1 N–H and O–H groups in total. The molecule has 23 heavy (non-hydrogen) atoms. The topological polar surface area (TPSA) is 108 Å². The molecule has 0 bridgehead atoms. The Morgan fingerprint density at radius 3 is 2.48 bits per heavy atom. The first-order valence-corrected chi connectivity index (χ1v) is 7.19. The van der Waals surface area contributed by atoms with Crippen LogP contribution in [0.4, 0.5) is 10.5 Å². The number of nitro benzene ring substituents is 1. The average molecular weight is 327 g/mol. The molecule has 0 spiro atoms. The number of rotatable bonds is 9. The molecule has 0 fully saturated rings. The fraction of sp³-hybridized carbons (Fsp3) is 0.533. The summed E-state index contributed by atoms with van der Waals surface area (Å²) < 4.78 is 15.1. The third-order valence-electron chi connectivity index (χ3n) is 3.26. The highest BCUT2D eigenvalue weighted by molar-refractivity contribution is 5.64. The third kappa shape index (κ3) is 7.07. The maximum absolute atomic E-state index is 11.6. The Kier molecular flexibility index (Phi) is 8.00. The van der Waals surface area contributed by atoms with Crippen LogP contribution >= 0.6 is 0 Å². The molecule has 0 aliphatic heterocycles. The number of aliphatic hydroxyl groups excluding tert-OH is 1. The van der Waals surface area contributed by atoms with Gasteiger partial charge in [-0.15, -0.1) is 0 Å². The molecule has 0 saturated carbocycles. The summed E-state index contributed by atoms with van der Waals surface area (Å²) in [4.78, 5) is 21.5. The number of ether oxygens (including phenoxy) is 3. The molecule has 1 rings (SSSR count). The van der Waals surface area contributed by atoms with Gasteiger partial charge in [0.1, 0.15) is 12.4 Å². The van der Waals surface area contributed by atoms with Crippen LogP contribution in [-0.4, -0.2) is 42.6 Å². The first kappa shape index (κ1) is 18.9. The minimum atomic E-state index is -0.906. The first-order chi connectivity index (χ1) is 11.0. The number of carbonyl (C=O) groups excluding carboxylic acids is 1. The maximum atomic E-state index is 11.6. The number of benzene rings is 1. The van der Waals surface area contributed by atoms with Crippen molar-refractivity contribution in [2.24, 2.45) is 5.92 Å². The molecule has 1 aromatic rings. The number of aliphatic hydroxyl groups is 1. The minimum absolute atomic E-state index is 0.0282. The highest BCUT2D eigenvalue weighted by Gasteiger charge is 2.14. The van der Waals surface area contributed by atoms with Gasteiger partial charge in [0.2, 0.25) is 0 Å². The lowest BCUT2D eigenvalue weighted by atomic mass is 10.0. The normalized spacial score (nSPS) is 13.2. The molecule has 0 aliphatic rings. The number of methoxy groups -OCH3 is 1. The second-order valence-electron chi connectivity index (χ2n) is 5.14. The van der Waals surface area contributed by atoms with E-state index in [-0.39, 0.29) is 36.7 Å². The van der Waals surface area contributed by atoms with Crippen LogP contribution in [0.15, 0.2) is 24.3 Å². The summed E-state index contributed by atoms with van der Waals surface area (Å²) in [7, 11) is 1.51. The van der Waals surface area contributed by atoms with Crippen LogP contribution in [-0.2, 0) is 9.47 Å². The Bertz CT molecular complexity index is 503. The van der Waals surface area contributed by atoms with E-state index in [1.54, 1.807) is 0 Å². The largest absolute Gasteiger partial charge is 0.513 e. The van der Waals surface area contributed by atoms with Gasteiger partial charge in [-0.05, 0) is 30.9 Å². The zero-order valence-electron chi connectivity index (χ0n) is 13.1. The predicted molar refractivity (Wildman–Crippen MR) is 81.4 cm³/mol. The maximum Gasteiger partial charge on any atom is 0.513 e. The second kappa shape index (κ2) is 9.75. The Labute approximate surface area is 134 Å². The third-order valence-corrected chi connectivity index (χ3v) is 3.26. The standard InChI is InChI=1S/C15H21NO7/c1-11(9-17)3-6-14(21-2)10-22-15(18)23-13-7-4-12(5-8-13)16(19)20/h4-5,7-8,11,14,17H,3,6,9-10H2,1-2H3.